The molecule has 0 saturated heterocycles. The average Bonchev–Trinajstić information content (AvgIpc) is 3.17. The van der Waals surface area contributed by atoms with Crippen LogP contribution in [0.15, 0.2) is 24.3 Å². The third kappa shape index (κ3) is 3.21. The summed E-state index contributed by atoms with van der Waals surface area (Å²) in [4.78, 5) is 12.0. The van der Waals surface area contributed by atoms with E-state index in [-0.39, 0.29) is 11.8 Å². The maximum atomic E-state index is 12.0. The lowest BCUT2D eigenvalue weighted by molar-refractivity contribution is -0.125. The summed E-state index contributed by atoms with van der Waals surface area (Å²) >= 11 is 5.87. The predicted octanol–water partition coefficient (Wildman–Crippen LogP) is 2.12. The number of halogens is 1. The van der Waals surface area contributed by atoms with E-state index in [0.717, 1.165) is 31.4 Å². The van der Waals surface area contributed by atoms with Crippen LogP contribution in [-0.2, 0) is 11.3 Å². The Morgan fingerprint density at radius 1 is 1.29 bits per heavy atom. The standard InChI is InChI=1S/C14H16ClN5O/c15-11-5-7-12(8-6-11)20-13(17-18-19-20)9-16-14(21)10-3-1-2-4-10/h5-8,10H,1-4,9H2,(H,16,21). The van der Waals surface area contributed by atoms with Crippen molar-refractivity contribution in [3.05, 3.63) is 35.1 Å². The highest BCUT2D eigenvalue weighted by molar-refractivity contribution is 6.30. The number of tetrazole rings is 1. The highest BCUT2D eigenvalue weighted by Crippen LogP contribution is 2.24. The zero-order chi connectivity index (χ0) is 14.7. The van der Waals surface area contributed by atoms with Gasteiger partial charge in [-0.2, -0.15) is 4.68 Å². The van der Waals surface area contributed by atoms with Crippen LogP contribution >= 0.6 is 11.6 Å². The Morgan fingerprint density at radius 3 is 2.71 bits per heavy atom. The second-order valence-electron chi connectivity index (χ2n) is 5.18. The van der Waals surface area contributed by atoms with Crippen LogP contribution in [-0.4, -0.2) is 26.1 Å². The quantitative estimate of drug-likeness (QED) is 0.939. The molecule has 0 bridgehead atoms. The third-order valence-corrected chi connectivity index (χ3v) is 4.00. The van der Waals surface area contributed by atoms with E-state index in [1.165, 1.54) is 0 Å². The van der Waals surface area contributed by atoms with E-state index in [1.807, 2.05) is 12.1 Å². The number of carbonyl (C=O) groups excluding carboxylic acids is 1. The lowest BCUT2D eigenvalue weighted by Crippen LogP contribution is -2.29. The van der Waals surface area contributed by atoms with E-state index in [2.05, 4.69) is 20.8 Å². The Labute approximate surface area is 127 Å². The topological polar surface area (TPSA) is 72.7 Å². The van der Waals surface area contributed by atoms with E-state index in [4.69, 9.17) is 11.6 Å². The van der Waals surface area contributed by atoms with Gasteiger partial charge in [0.1, 0.15) is 0 Å². The molecule has 0 aliphatic heterocycles. The van der Waals surface area contributed by atoms with E-state index in [9.17, 15) is 4.79 Å². The lowest BCUT2D eigenvalue weighted by Gasteiger charge is -2.10. The molecule has 6 nitrogen and oxygen atoms in total. The van der Waals surface area contributed by atoms with E-state index in [0.29, 0.717) is 17.4 Å². The maximum Gasteiger partial charge on any atom is 0.223 e. The summed E-state index contributed by atoms with van der Waals surface area (Å²) in [7, 11) is 0. The first-order chi connectivity index (χ1) is 10.2. The van der Waals surface area contributed by atoms with Crippen LogP contribution in [0.1, 0.15) is 31.5 Å². The van der Waals surface area contributed by atoms with Gasteiger partial charge in [0.25, 0.3) is 0 Å². The van der Waals surface area contributed by atoms with Gasteiger partial charge in [-0.1, -0.05) is 24.4 Å². The fourth-order valence-corrected chi connectivity index (χ4v) is 2.72. The van der Waals surface area contributed by atoms with Crippen LogP contribution < -0.4 is 5.32 Å². The number of hydrogen-bond donors (Lipinski definition) is 1. The Hall–Kier alpha value is -1.95. The number of amides is 1. The number of aromatic nitrogens is 4. The molecule has 2 aromatic rings. The van der Waals surface area contributed by atoms with Gasteiger partial charge < -0.3 is 5.32 Å². The molecule has 1 aliphatic carbocycles. The molecule has 1 aromatic carbocycles. The van der Waals surface area contributed by atoms with Gasteiger partial charge in [0.05, 0.1) is 12.2 Å². The first-order valence-corrected chi connectivity index (χ1v) is 7.43. The summed E-state index contributed by atoms with van der Waals surface area (Å²) in [6, 6.07) is 7.22. The van der Waals surface area contributed by atoms with E-state index < -0.39 is 0 Å². The third-order valence-electron chi connectivity index (χ3n) is 3.75. The molecule has 0 radical (unpaired) electrons. The van der Waals surface area contributed by atoms with Crippen molar-refractivity contribution in [1.29, 1.82) is 0 Å². The minimum absolute atomic E-state index is 0.0955. The normalized spacial score (nSPS) is 15.3. The van der Waals surface area contributed by atoms with Crippen LogP contribution in [0.3, 0.4) is 0 Å². The zero-order valence-corrected chi connectivity index (χ0v) is 12.3. The van der Waals surface area contributed by atoms with Crippen LogP contribution in [0, 0.1) is 5.92 Å². The largest absolute Gasteiger partial charge is 0.348 e. The summed E-state index contributed by atoms with van der Waals surface area (Å²) in [6.07, 6.45) is 4.24. The number of carbonyl (C=O) groups is 1. The Bertz CT molecular complexity index is 619. The zero-order valence-electron chi connectivity index (χ0n) is 11.5. The summed E-state index contributed by atoms with van der Waals surface area (Å²) in [5, 5.41) is 15.2. The number of rotatable bonds is 4. The molecule has 1 aliphatic rings. The van der Waals surface area contributed by atoms with Crippen molar-refractivity contribution in [3.63, 3.8) is 0 Å². The average molecular weight is 306 g/mol. The number of benzene rings is 1. The van der Waals surface area contributed by atoms with Crippen molar-refractivity contribution >= 4 is 17.5 Å². The molecule has 1 amide bonds. The molecule has 0 unspecified atom stereocenters. The first kappa shape index (κ1) is 14.0. The van der Waals surface area contributed by atoms with Gasteiger partial charge in [0.2, 0.25) is 5.91 Å². The molecule has 1 aromatic heterocycles. The minimum Gasteiger partial charge on any atom is -0.348 e. The van der Waals surface area contributed by atoms with Gasteiger partial charge in [-0.3, -0.25) is 4.79 Å². The summed E-state index contributed by atoms with van der Waals surface area (Å²) in [6.45, 7) is 0.324. The van der Waals surface area contributed by atoms with Crippen molar-refractivity contribution in [3.8, 4) is 5.69 Å². The predicted molar refractivity (Wildman–Crippen MR) is 78.0 cm³/mol. The minimum atomic E-state index is 0.0955. The van der Waals surface area contributed by atoms with Crippen LogP contribution in [0.2, 0.25) is 5.02 Å². The highest BCUT2D eigenvalue weighted by Gasteiger charge is 2.22. The smallest absolute Gasteiger partial charge is 0.223 e. The van der Waals surface area contributed by atoms with Crippen LogP contribution in [0.5, 0.6) is 0 Å². The molecule has 1 fully saturated rings. The van der Waals surface area contributed by atoms with Crippen LogP contribution in [0.25, 0.3) is 5.69 Å². The van der Waals surface area contributed by atoms with Crippen molar-refractivity contribution in [2.75, 3.05) is 0 Å². The Balaban J connectivity index is 1.68. The Morgan fingerprint density at radius 2 is 2.00 bits per heavy atom. The fraction of sp³-hybridized carbons (Fsp3) is 0.429. The number of hydrogen-bond acceptors (Lipinski definition) is 4. The lowest BCUT2D eigenvalue weighted by atomic mass is 10.1. The molecule has 1 N–H and O–H groups in total. The van der Waals surface area contributed by atoms with Gasteiger partial charge in [0, 0.05) is 10.9 Å². The van der Waals surface area contributed by atoms with Crippen molar-refractivity contribution in [2.45, 2.75) is 32.2 Å². The summed E-state index contributed by atoms with van der Waals surface area (Å²) in [5.74, 6) is 0.840. The van der Waals surface area contributed by atoms with Crippen molar-refractivity contribution < 1.29 is 4.79 Å². The monoisotopic (exact) mass is 305 g/mol. The second-order valence-corrected chi connectivity index (χ2v) is 5.62. The highest BCUT2D eigenvalue weighted by atomic mass is 35.5. The van der Waals surface area contributed by atoms with E-state index in [1.54, 1.807) is 16.8 Å². The molecule has 3 rings (SSSR count). The molecule has 7 heteroatoms. The fourth-order valence-electron chi connectivity index (χ4n) is 2.60. The molecular formula is C14H16ClN5O. The van der Waals surface area contributed by atoms with Crippen molar-refractivity contribution in [1.82, 2.24) is 25.5 Å². The van der Waals surface area contributed by atoms with Gasteiger partial charge in [-0.15, -0.1) is 5.10 Å². The maximum absolute atomic E-state index is 12.0. The van der Waals surface area contributed by atoms with Gasteiger partial charge in [-0.05, 0) is 47.5 Å². The van der Waals surface area contributed by atoms with Gasteiger partial charge >= 0.3 is 0 Å². The molecule has 110 valence electrons. The molecule has 0 spiro atoms. The first-order valence-electron chi connectivity index (χ1n) is 7.05. The summed E-state index contributed by atoms with van der Waals surface area (Å²) in [5.41, 5.74) is 0.814. The molecule has 0 atom stereocenters. The van der Waals surface area contributed by atoms with Gasteiger partial charge in [0.15, 0.2) is 5.82 Å². The van der Waals surface area contributed by atoms with Gasteiger partial charge in [-0.25, -0.2) is 0 Å². The van der Waals surface area contributed by atoms with Crippen LogP contribution in [0.4, 0.5) is 0 Å². The van der Waals surface area contributed by atoms with Crippen molar-refractivity contribution in [2.24, 2.45) is 5.92 Å². The molecular weight excluding hydrogens is 290 g/mol. The number of nitrogens with one attached hydrogen (secondary N) is 1. The molecule has 1 saturated carbocycles. The number of nitrogens with zero attached hydrogens (tertiary/aromatic N) is 4. The summed E-state index contributed by atoms with van der Waals surface area (Å²) < 4.78 is 1.60. The van der Waals surface area contributed by atoms with E-state index >= 15 is 0 Å². The Kier molecular flexibility index (Phi) is 4.15. The SMILES string of the molecule is O=C(NCc1nnnn1-c1ccc(Cl)cc1)C1CCCC1. The second kappa shape index (κ2) is 6.22. The molecule has 1 heterocycles. The molecule has 21 heavy (non-hydrogen) atoms.